The summed E-state index contributed by atoms with van der Waals surface area (Å²) in [6.07, 6.45) is 2.62. The molecule has 0 saturated carbocycles. The maximum Gasteiger partial charge on any atom is 0.226 e. The Labute approximate surface area is 105 Å². The van der Waals surface area contributed by atoms with Gasteiger partial charge in [0, 0.05) is 6.04 Å². The average molecular weight is 254 g/mol. The largest absolute Gasteiger partial charge is 0.365 e. The fraction of sp³-hybridized carbons (Fsp3) is 0.545. The highest BCUT2D eigenvalue weighted by molar-refractivity contribution is 6.28. The van der Waals surface area contributed by atoms with E-state index in [2.05, 4.69) is 46.0 Å². The maximum absolute atomic E-state index is 5.87. The Morgan fingerprint density at radius 2 is 2.18 bits per heavy atom. The molecule has 0 unspecified atom stereocenters. The van der Waals surface area contributed by atoms with Crippen LogP contribution in [0, 0.1) is 5.92 Å². The van der Waals surface area contributed by atoms with Crippen LogP contribution in [0.1, 0.15) is 27.2 Å². The van der Waals surface area contributed by atoms with E-state index in [9.17, 15) is 0 Å². The van der Waals surface area contributed by atoms with Gasteiger partial charge in [0.15, 0.2) is 11.5 Å². The smallest absolute Gasteiger partial charge is 0.226 e. The predicted molar refractivity (Wildman–Crippen MR) is 69.2 cm³/mol. The van der Waals surface area contributed by atoms with Gasteiger partial charge in [0.2, 0.25) is 5.28 Å². The Morgan fingerprint density at radius 1 is 1.41 bits per heavy atom. The molecule has 2 aromatic rings. The fourth-order valence-electron chi connectivity index (χ4n) is 1.83. The molecule has 0 amide bonds. The van der Waals surface area contributed by atoms with Gasteiger partial charge >= 0.3 is 0 Å². The molecule has 0 aliphatic heterocycles. The van der Waals surface area contributed by atoms with E-state index in [-0.39, 0.29) is 5.28 Å². The van der Waals surface area contributed by atoms with E-state index in [0.717, 1.165) is 17.8 Å². The van der Waals surface area contributed by atoms with Crippen LogP contribution in [0.15, 0.2) is 6.33 Å². The maximum atomic E-state index is 5.87. The number of aromatic nitrogens is 4. The minimum absolute atomic E-state index is 0.214. The lowest BCUT2D eigenvalue weighted by atomic mass is 10.0. The monoisotopic (exact) mass is 253 g/mol. The molecule has 0 fully saturated rings. The van der Waals surface area contributed by atoms with Gasteiger partial charge in [-0.05, 0) is 23.9 Å². The van der Waals surface area contributed by atoms with Crippen molar-refractivity contribution < 1.29 is 0 Å². The number of fused-ring (bicyclic) bond motifs is 1. The van der Waals surface area contributed by atoms with Crippen LogP contribution in [0.5, 0.6) is 0 Å². The summed E-state index contributed by atoms with van der Waals surface area (Å²) in [6, 6.07) is 0.354. The van der Waals surface area contributed by atoms with Crippen molar-refractivity contribution in [3.63, 3.8) is 0 Å². The molecule has 0 saturated heterocycles. The Hall–Kier alpha value is -1.36. The molecule has 0 aliphatic carbocycles. The molecule has 6 heteroatoms. The summed E-state index contributed by atoms with van der Waals surface area (Å²) in [4.78, 5) is 15.4. The first kappa shape index (κ1) is 12.1. The van der Waals surface area contributed by atoms with Crippen molar-refractivity contribution in [2.75, 3.05) is 5.32 Å². The molecule has 2 heterocycles. The molecule has 0 aromatic carbocycles. The van der Waals surface area contributed by atoms with Crippen LogP contribution in [-0.4, -0.2) is 26.0 Å². The minimum atomic E-state index is 0.214. The summed E-state index contributed by atoms with van der Waals surface area (Å²) in [7, 11) is 0. The van der Waals surface area contributed by atoms with Gasteiger partial charge < -0.3 is 10.3 Å². The van der Waals surface area contributed by atoms with E-state index in [0.29, 0.717) is 17.6 Å². The molecule has 0 aliphatic rings. The number of hydrogen-bond donors (Lipinski definition) is 2. The van der Waals surface area contributed by atoms with Crippen molar-refractivity contribution >= 4 is 28.6 Å². The van der Waals surface area contributed by atoms with E-state index in [4.69, 9.17) is 11.6 Å². The first-order valence-corrected chi connectivity index (χ1v) is 6.12. The lowest BCUT2D eigenvalue weighted by Gasteiger charge is -2.21. The molecule has 2 N–H and O–H groups in total. The molecule has 1 atom stereocenters. The quantitative estimate of drug-likeness (QED) is 0.823. The van der Waals surface area contributed by atoms with Crippen LogP contribution < -0.4 is 5.32 Å². The zero-order chi connectivity index (χ0) is 12.4. The third-order valence-electron chi connectivity index (χ3n) is 2.83. The normalized spacial score (nSPS) is 13.2. The lowest BCUT2D eigenvalue weighted by molar-refractivity contribution is 0.510. The van der Waals surface area contributed by atoms with Crippen LogP contribution in [0.2, 0.25) is 5.28 Å². The van der Waals surface area contributed by atoms with Gasteiger partial charge in [-0.1, -0.05) is 20.8 Å². The Bertz CT molecular complexity index is 508. The molecule has 2 rings (SSSR count). The molecule has 0 radical (unpaired) electrons. The summed E-state index contributed by atoms with van der Waals surface area (Å²) in [6.45, 7) is 6.49. The van der Waals surface area contributed by atoms with Crippen LogP contribution in [-0.2, 0) is 0 Å². The predicted octanol–water partition coefficient (Wildman–Crippen LogP) is 2.85. The fourth-order valence-corrected chi connectivity index (χ4v) is 1.99. The van der Waals surface area contributed by atoms with Crippen LogP contribution in [0.25, 0.3) is 11.2 Å². The van der Waals surface area contributed by atoms with Gasteiger partial charge in [-0.15, -0.1) is 0 Å². The first-order valence-electron chi connectivity index (χ1n) is 5.75. The molecule has 2 aromatic heterocycles. The zero-order valence-electron chi connectivity index (χ0n) is 10.2. The number of halogens is 1. The van der Waals surface area contributed by atoms with E-state index in [1.165, 1.54) is 0 Å². The van der Waals surface area contributed by atoms with Crippen molar-refractivity contribution in [3.8, 4) is 0 Å². The Kier molecular flexibility index (Phi) is 3.47. The van der Waals surface area contributed by atoms with Crippen LogP contribution in [0.4, 0.5) is 5.82 Å². The first-order chi connectivity index (χ1) is 8.11. The minimum Gasteiger partial charge on any atom is -0.365 e. The van der Waals surface area contributed by atoms with Crippen molar-refractivity contribution in [1.82, 2.24) is 19.9 Å². The highest BCUT2D eigenvalue weighted by Crippen LogP contribution is 2.21. The number of rotatable bonds is 4. The van der Waals surface area contributed by atoms with Crippen molar-refractivity contribution in [2.45, 2.75) is 33.2 Å². The third-order valence-corrected chi connectivity index (χ3v) is 2.99. The average Bonchev–Trinajstić information content (AvgIpc) is 2.72. The van der Waals surface area contributed by atoms with Gasteiger partial charge in [0.25, 0.3) is 0 Å². The summed E-state index contributed by atoms with van der Waals surface area (Å²) in [5.74, 6) is 1.24. The number of hydrogen-bond acceptors (Lipinski definition) is 4. The molecule has 5 nitrogen and oxygen atoms in total. The SMILES string of the molecule is CC[C@H](Nc1nc(Cl)nc2nc[nH]c12)C(C)C. The Balaban J connectivity index is 2.37. The van der Waals surface area contributed by atoms with Crippen molar-refractivity contribution in [2.24, 2.45) is 5.92 Å². The number of anilines is 1. The number of H-pyrrole nitrogens is 1. The number of aromatic amines is 1. The molecular formula is C11H16ClN5. The third kappa shape index (κ3) is 2.49. The number of nitrogens with zero attached hydrogens (tertiary/aromatic N) is 3. The zero-order valence-corrected chi connectivity index (χ0v) is 10.9. The summed E-state index contributed by atoms with van der Waals surface area (Å²) in [5, 5.41) is 3.60. The molecular weight excluding hydrogens is 238 g/mol. The van der Waals surface area contributed by atoms with E-state index in [1.54, 1.807) is 6.33 Å². The van der Waals surface area contributed by atoms with Crippen molar-refractivity contribution in [1.29, 1.82) is 0 Å². The van der Waals surface area contributed by atoms with Gasteiger partial charge in [0.05, 0.1) is 6.33 Å². The summed E-state index contributed by atoms with van der Waals surface area (Å²) >= 11 is 5.87. The van der Waals surface area contributed by atoms with Gasteiger partial charge in [-0.3, -0.25) is 0 Å². The second kappa shape index (κ2) is 4.87. The molecule has 0 bridgehead atoms. The van der Waals surface area contributed by atoms with Gasteiger partial charge in [0.1, 0.15) is 5.52 Å². The lowest BCUT2D eigenvalue weighted by Crippen LogP contribution is -2.25. The molecule has 92 valence electrons. The second-order valence-electron chi connectivity index (χ2n) is 4.35. The second-order valence-corrected chi connectivity index (χ2v) is 4.68. The van der Waals surface area contributed by atoms with E-state index >= 15 is 0 Å². The van der Waals surface area contributed by atoms with Crippen molar-refractivity contribution in [3.05, 3.63) is 11.6 Å². The Morgan fingerprint density at radius 3 is 2.82 bits per heavy atom. The molecule has 17 heavy (non-hydrogen) atoms. The topological polar surface area (TPSA) is 66.5 Å². The van der Waals surface area contributed by atoms with Crippen LogP contribution in [0.3, 0.4) is 0 Å². The summed E-state index contributed by atoms with van der Waals surface area (Å²) < 4.78 is 0. The van der Waals surface area contributed by atoms with E-state index in [1.807, 2.05) is 0 Å². The standard InChI is InChI=1S/C11H16ClN5/c1-4-7(6(2)3)15-10-8-9(14-5-13-8)16-11(12)17-10/h5-7H,4H2,1-3H3,(H2,13,14,15,16,17)/t7-/m0/s1. The number of imidazole rings is 1. The number of nitrogens with one attached hydrogen (secondary N) is 2. The summed E-state index contributed by atoms with van der Waals surface area (Å²) in [5.41, 5.74) is 1.39. The van der Waals surface area contributed by atoms with Gasteiger partial charge in [-0.2, -0.15) is 9.97 Å². The van der Waals surface area contributed by atoms with E-state index < -0.39 is 0 Å². The molecule has 0 spiro atoms. The van der Waals surface area contributed by atoms with Crippen LogP contribution >= 0.6 is 11.6 Å². The van der Waals surface area contributed by atoms with Gasteiger partial charge in [-0.25, -0.2) is 4.98 Å². The highest BCUT2D eigenvalue weighted by Gasteiger charge is 2.15. The highest BCUT2D eigenvalue weighted by atomic mass is 35.5.